The molecule has 0 heterocycles. The molecule has 1 N–H and O–H groups in total. The van der Waals surface area contributed by atoms with E-state index in [1.54, 1.807) is 0 Å². The third-order valence-electron chi connectivity index (χ3n) is 1.07. The number of alkyl halides is 1. The van der Waals surface area contributed by atoms with Crippen molar-refractivity contribution in [1.29, 1.82) is 0 Å². The maximum atomic E-state index is 5.84. The topological polar surface area (TPSA) is 4.44 Å². The number of rotatable bonds is 3. The zero-order chi connectivity index (χ0) is 6.57. The van der Waals surface area contributed by atoms with Crippen molar-refractivity contribution in [3.63, 3.8) is 0 Å². The highest BCUT2D eigenvalue weighted by Gasteiger charge is 2.03. The van der Waals surface area contributed by atoms with Crippen molar-refractivity contribution in [2.45, 2.75) is 18.7 Å². The molecule has 1 unspecified atom stereocenters. The lowest BCUT2D eigenvalue weighted by Gasteiger charge is -2.09. The van der Waals surface area contributed by atoms with Gasteiger partial charge in [-0.25, -0.2) is 0 Å². The minimum atomic E-state index is 0. The highest BCUT2D eigenvalue weighted by molar-refractivity contribution is 6.20. The first-order valence-electron chi connectivity index (χ1n) is 3.10. The molecule has 0 fully saturated rings. The molecule has 0 saturated heterocycles. The van der Waals surface area contributed by atoms with Gasteiger partial charge in [0.05, 0.1) is 26.0 Å². The second kappa shape index (κ2) is 7.09. The molecule has 0 spiro atoms. The van der Waals surface area contributed by atoms with E-state index in [4.69, 9.17) is 11.6 Å². The molecular weight excluding hydrogens is 248 g/mol. The lowest BCUT2D eigenvalue weighted by atomic mass is 10.3. The first kappa shape index (κ1) is 12.6. The quantitative estimate of drug-likeness (QED) is 0.413. The van der Waals surface area contributed by atoms with Crippen LogP contribution in [-0.4, -0.2) is 26.0 Å². The van der Waals surface area contributed by atoms with Crippen LogP contribution < -0.4 is 28.9 Å². The van der Waals surface area contributed by atoms with E-state index >= 15 is 0 Å². The number of halogens is 2. The molecular formula is C6H15ClIN. The minimum absolute atomic E-state index is 0. The molecule has 0 saturated carbocycles. The van der Waals surface area contributed by atoms with E-state index < -0.39 is 0 Å². The van der Waals surface area contributed by atoms with Gasteiger partial charge in [0.25, 0.3) is 0 Å². The van der Waals surface area contributed by atoms with E-state index in [9.17, 15) is 0 Å². The fraction of sp³-hybridized carbons (Fsp3) is 1.00. The van der Waals surface area contributed by atoms with Gasteiger partial charge in [0, 0.05) is 0 Å². The largest absolute Gasteiger partial charge is 1.00 e. The first-order chi connectivity index (χ1) is 3.66. The molecule has 1 nitrogen and oxygen atoms in total. The van der Waals surface area contributed by atoms with Crippen LogP contribution in [0.15, 0.2) is 0 Å². The zero-order valence-corrected chi connectivity index (χ0v) is 9.16. The van der Waals surface area contributed by atoms with E-state index in [0.29, 0.717) is 5.38 Å². The van der Waals surface area contributed by atoms with Gasteiger partial charge in [-0.2, -0.15) is 0 Å². The van der Waals surface area contributed by atoms with E-state index in [0.717, 1.165) is 13.0 Å². The monoisotopic (exact) mass is 263 g/mol. The van der Waals surface area contributed by atoms with E-state index in [-0.39, 0.29) is 24.0 Å². The number of hydrogen-bond donors (Lipinski definition) is 1. The molecule has 0 radical (unpaired) electrons. The summed E-state index contributed by atoms with van der Waals surface area (Å²) < 4.78 is 0. The van der Waals surface area contributed by atoms with Crippen molar-refractivity contribution in [1.82, 2.24) is 0 Å². The zero-order valence-electron chi connectivity index (χ0n) is 6.25. The summed E-state index contributed by atoms with van der Waals surface area (Å²) in [6, 6.07) is 0. The Morgan fingerprint density at radius 1 is 1.44 bits per heavy atom. The van der Waals surface area contributed by atoms with Crippen LogP contribution in [0.2, 0.25) is 0 Å². The van der Waals surface area contributed by atoms with Crippen molar-refractivity contribution in [3.05, 3.63) is 0 Å². The Morgan fingerprint density at radius 3 is 2.00 bits per heavy atom. The van der Waals surface area contributed by atoms with Gasteiger partial charge < -0.3 is 28.9 Å². The smallest absolute Gasteiger partial charge is 0.0933 e. The van der Waals surface area contributed by atoms with Crippen LogP contribution >= 0.6 is 11.6 Å². The molecule has 0 aromatic carbocycles. The van der Waals surface area contributed by atoms with Crippen molar-refractivity contribution in [2.75, 3.05) is 20.6 Å². The predicted octanol–water partition coefficient (Wildman–Crippen LogP) is -2.85. The van der Waals surface area contributed by atoms with E-state index in [1.165, 1.54) is 4.90 Å². The molecule has 58 valence electrons. The highest BCUT2D eigenvalue weighted by atomic mass is 127. The molecule has 0 bridgehead atoms. The van der Waals surface area contributed by atoms with Gasteiger partial charge in [0.1, 0.15) is 0 Å². The van der Waals surface area contributed by atoms with Gasteiger partial charge in [-0.15, -0.1) is 11.6 Å². The van der Waals surface area contributed by atoms with Gasteiger partial charge >= 0.3 is 0 Å². The third kappa shape index (κ3) is 8.98. The van der Waals surface area contributed by atoms with Crippen LogP contribution in [0, 0.1) is 0 Å². The first-order valence-corrected chi connectivity index (χ1v) is 3.53. The number of quaternary nitrogens is 1. The summed E-state index contributed by atoms with van der Waals surface area (Å²) in [5.74, 6) is 0. The van der Waals surface area contributed by atoms with E-state index in [1.807, 2.05) is 0 Å². The van der Waals surface area contributed by atoms with Crippen molar-refractivity contribution in [2.24, 2.45) is 0 Å². The summed E-state index contributed by atoms with van der Waals surface area (Å²) in [6.07, 6.45) is 1.08. The summed E-state index contributed by atoms with van der Waals surface area (Å²) in [4.78, 5) is 1.42. The Kier molecular flexibility index (Phi) is 9.96. The Labute approximate surface area is 79.8 Å². The van der Waals surface area contributed by atoms with Crippen molar-refractivity contribution < 1.29 is 28.9 Å². The second-order valence-corrected chi connectivity index (χ2v) is 3.03. The van der Waals surface area contributed by atoms with Gasteiger partial charge in [-0.3, -0.25) is 0 Å². The standard InChI is InChI=1S/C6H14ClN.HI/c1-4-6(7)5-8(2)3;/h6H,4-5H2,1-3H3;1H. The maximum absolute atomic E-state index is 5.84. The molecule has 0 aliphatic heterocycles. The lowest BCUT2D eigenvalue weighted by molar-refractivity contribution is -0.857. The van der Waals surface area contributed by atoms with Gasteiger partial charge in [0.2, 0.25) is 0 Å². The van der Waals surface area contributed by atoms with Crippen LogP contribution in [0.3, 0.4) is 0 Å². The molecule has 9 heavy (non-hydrogen) atoms. The lowest BCUT2D eigenvalue weighted by Crippen LogP contribution is -3.06. The van der Waals surface area contributed by atoms with Crippen LogP contribution in [-0.2, 0) is 0 Å². The molecule has 0 rings (SSSR count). The number of nitrogens with one attached hydrogen (secondary N) is 1. The maximum Gasteiger partial charge on any atom is 0.0933 e. The summed E-state index contributed by atoms with van der Waals surface area (Å²) in [5.41, 5.74) is 0. The Hall–Kier alpha value is 0.980. The minimum Gasteiger partial charge on any atom is -1.00 e. The normalized spacial score (nSPS) is 13.0. The van der Waals surface area contributed by atoms with Crippen LogP contribution in [0.25, 0.3) is 0 Å². The molecule has 3 heteroatoms. The Balaban J connectivity index is 0. The summed E-state index contributed by atoms with van der Waals surface area (Å²) in [6.45, 7) is 3.18. The summed E-state index contributed by atoms with van der Waals surface area (Å²) in [7, 11) is 4.23. The summed E-state index contributed by atoms with van der Waals surface area (Å²) >= 11 is 5.84. The molecule has 0 aliphatic carbocycles. The third-order valence-corrected chi connectivity index (χ3v) is 1.54. The Bertz CT molecular complexity index is 59.0. The summed E-state index contributed by atoms with van der Waals surface area (Å²) in [5, 5.41) is 0.361. The van der Waals surface area contributed by atoms with Crippen LogP contribution in [0.5, 0.6) is 0 Å². The SMILES string of the molecule is CCC(Cl)C[NH+](C)C.[I-]. The second-order valence-electron chi connectivity index (χ2n) is 2.42. The van der Waals surface area contributed by atoms with E-state index in [2.05, 4.69) is 21.0 Å². The predicted molar refractivity (Wildman–Crippen MR) is 37.6 cm³/mol. The fourth-order valence-electron chi connectivity index (χ4n) is 0.587. The Morgan fingerprint density at radius 2 is 1.89 bits per heavy atom. The fourth-order valence-corrected chi connectivity index (χ4v) is 0.896. The van der Waals surface area contributed by atoms with Gasteiger partial charge in [-0.05, 0) is 6.42 Å². The molecule has 0 aromatic heterocycles. The van der Waals surface area contributed by atoms with Gasteiger partial charge in [-0.1, -0.05) is 6.92 Å². The van der Waals surface area contributed by atoms with Gasteiger partial charge in [0.15, 0.2) is 0 Å². The average molecular weight is 264 g/mol. The molecule has 0 aliphatic rings. The molecule has 1 atom stereocenters. The highest BCUT2D eigenvalue weighted by Crippen LogP contribution is 1.95. The molecule has 0 aromatic rings. The number of hydrogen-bond acceptors (Lipinski definition) is 0. The van der Waals surface area contributed by atoms with Crippen molar-refractivity contribution >= 4 is 11.6 Å². The van der Waals surface area contributed by atoms with Crippen molar-refractivity contribution in [3.8, 4) is 0 Å². The molecule has 0 amide bonds. The van der Waals surface area contributed by atoms with Crippen LogP contribution in [0.4, 0.5) is 0 Å². The van der Waals surface area contributed by atoms with Crippen LogP contribution in [0.1, 0.15) is 13.3 Å². The average Bonchev–Trinajstić information content (AvgIpc) is 1.65.